The number of ketones is 1. The zero-order valence-electron chi connectivity index (χ0n) is 14.6. The molecule has 0 atom stereocenters. The summed E-state index contributed by atoms with van der Waals surface area (Å²) in [7, 11) is 0. The van der Waals surface area contributed by atoms with E-state index in [-0.39, 0.29) is 5.56 Å². The number of nitrogens with zero attached hydrogens (tertiary/aromatic N) is 1. The van der Waals surface area contributed by atoms with Gasteiger partial charge in [-0.15, -0.1) is 0 Å². The van der Waals surface area contributed by atoms with Crippen LogP contribution in [0.4, 0.5) is 4.79 Å². The number of hydrogen-bond donors (Lipinski definition) is 3. The Morgan fingerprint density at radius 2 is 1.82 bits per heavy atom. The zero-order chi connectivity index (χ0) is 19.8. The van der Waals surface area contributed by atoms with Crippen molar-refractivity contribution in [3.8, 4) is 5.88 Å². The van der Waals surface area contributed by atoms with Crippen molar-refractivity contribution in [3.63, 3.8) is 0 Å². The first-order chi connectivity index (χ1) is 13.5. The van der Waals surface area contributed by atoms with Gasteiger partial charge >= 0.3 is 6.03 Å². The Hall–Kier alpha value is -3.51. The van der Waals surface area contributed by atoms with E-state index < -0.39 is 17.7 Å². The van der Waals surface area contributed by atoms with Gasteiger partial charge in [-0.1, -0.05) is 41.9 Å². The van der Waals surface area contributed by atoms with Gasteiger partial charge in [0.25, 0.3) is 0 Å². The van der Waals surface area contributed by atoms with Crippen LogP contribution in [0.1, 0.15) is 27.3 Å². The average molecular weight is 394 g/mol. The second-order valence-corrected chi connectivity index (χ2v) is 6.86. The summed E-state index contributed by atoms with van der Waals surface area (Å²) in [6.45, 7) is 0. The Labute approximate surface area is 165 Å². The first-order valence-corrected chi connectivity index (χ1v) is 8.92. The molecule has 2 aromatic heterocycles. The van der Waals surface area contributed by atoms with E-state index in [2.05, 4.69) is 4.98 Å². The fraction of sp³-hybridized carbons (Fsp3) is 0.0476. The topological polar surface area (TPSA) is 101 Å². The lowest BCUT2D eigenvalue weighted by Crippen LogP contribution is -2.19. The molecule has 4 aromatic rings. The molecule has 1 amide bonds. The molecule has 140 valence electrons. The van der Waals surface area contributed by atoms with Crippen LogP contribution < -0.4 is 5.73 Å². The summed E-state index contributed by atoms with van der Waals surface area (Å²) in [5, 5.41) is 11.3. The largest absolute Gasteiger partial charge is 0.494 e. The second-order valence-electron chi connectivity index (χ2n) is 6.42. The number of fused-ring (bicyclic) bond motifs is 1. The van der Waals surface area contributed by atoms with Crippen molar-refractivity contribution >= 4 is 34.3 Å². The van der Waals surface area contributed by atoms with E-state index in [0.29, 0.717) is 28.0 Å². The molecule has 0 bridgehead atoms. The highest BCUT2D eigenvalue weighted by Gasteiger charge is 2.26. The van der Waals surface area contributed by atoms with Gasteiger partial charge in [-0.25, -0.2) is 9.36 Å². The van der Waals surface area contributed by atoms with E-state index in [4.69, 9.17) is 17.3 Å². The van der Waals surface area contributed by atoms with Crippen LogP contribution in [0.5, 0.6) is 5.88 Å². The van der Waals surface area contributed by atoms with Gasteiger partial charge in [0.1, 0.15) is 0 Å². The predicted molar refractivity (Wildman–Crippen MR) is 107 cm³/mol. The zero-order valence-corrected chi connectivity index (χ0v) is 15.4. The molecular formula is C21H16ClN3O3. The SMILES string of the molecule is NC(=O)n1c(O)c(C(=O)c2ccc(Cc3ccccc3)[nH]2)c2cc(Cl)ccc21. The highest BCUT2D eigenvalue weighted by Crippen LogP contribution is 2.34. The van der Waals surface area contributed by atoms with Crippen LogP contribution in [0, 0.1) is 0 Å². The van der Waals surface area contributed by atoms with Crippen LogP contribution in [0.3, 0.4) is 0 Å². The highest BCUT2D eigenvalue weighted by atomic mass is 35.5. The average Bonchev–Trinajstić information content (AvgIpc) is 3.23. The molecule has 28 heavy (non-hydrogen) atoms. The van der Waals surface area contributed by atoms with Gasteiger partial charge < -0.3 is 15.8 Å². The summed E-state index contributed by atoms with van der Waals surface area (Å²) in [5.74, 6) is -0.960. The summed E-state index contributed by atoms with van der Waals surface area (Å²) >= 11 is 6.05. The van der Waals surface area contributed by atoms with Crippen molar-refractivity contribution in [1.82, 2.24) is 9.55 Å². The third-order valence-corrected chi connectivity index (χ3v) is 4.82. The quantitative estimate of drug-likeness (QED) is 0.455. The second kappa shape index (κ2) is 6.90. The van der Waals surface area contributed by atoms with E-state index in [1.807, 2.05) is 36.4 Å². The number of aromatic hydroxyl groups is 1. The van der Waals surface area contributed by atoms with Gasteiger partial charge in [0.2, 0.25) is 11.7 Å². The number of rotatable bonds is 4. The molecule has 2 heterocycles. The molecular weight excluding hydrogens is 378 g/mol. The fourth-order valence-corrected chi connectivity index (χ4v) is 3.50. The molecule has 0 spiro atoms. The van der Waals surface area contributed by atoms with Gasteiger partial charge in [0.15, 0.2) is 0 Å². The summed E-state index contributed by atoms with van der Waals surface area (Å²) in [4.78, 5) is 28.0. The number of carbonyl (C=O) groups is 2. The Balaban J connectivity index is 1.77. The molecule has 0 radical (unpaired) electrons. The van der Waals surface area contributed by atoms with E-state index in [0.717, 1.165) is 15.8 Å². The molecule has 0 aliphatic carbocycles. The predicted octanol–water partition coefficient (Wildman–Crippen LogP) is 4.08. The molecule has 0 unspecified atom stereocenters. The van der Waals surface area contributed by atoms with Gasteiger partial charge in [-0.2, -0.15) is 0 Å². The molecule has 6 nitrogen and oxygen atoms in total. The maximum atomic E-state index is 13.1. The van der Waals surface area contributed by atoms with Crippen molar-refractivity contribution in [2.45, 2.75) is 6.42 Å². The minimum atomic E-state index is -0.889. The molecule has 0 aliphatic rings. The first-order valence-electron chi connectivity index (χ1n) is 8.55. The van der Waals surface area contributed by atoms with Crippen molar-refractivity contribution < 1.29 is 14.7 Å². The summed E-state index contributed by atoms with van der Waals surface area (Å²) < 4.78 is 0.896. The van der Waals surface area contributed by atoms with Gasteiger partial charge in [0.05, 0.1) is 16.8 Å². The minimum absolute atomic E-state index is 0.0237. The Bertz CT molecular complexity index is 1210. The molecule has 0 saturated carbocycles. The van der Waals surface area contributed by atoms with Crippen LogP contribution in [-0.2, 0) is 6.42 Å². The van der Waals surface area contributed by atoms with E-state index in [1.165, 1.54) is 12.1 Å². The third-order valence-electron chi connectivity index (χ3n) is 4.58. The number of halogens is 1. The maximum absolute atomic E-state index is 13.1. The lowest BCUT2D eigenvalue weighted by Gasteiger charge is -2.01. The number of nitrogens with one attached hydrogen (secondary N) is 1. The Morgan fingerprint density at radius 3 is 2.54 bits per heavy atom. The van der Waals surface area contributed by atoms with Crippen LogP contribution in [-0.4, -0.2) is 26.5 Å². The van der Waals surface area contributed by atoms with Crippen LogP contribution in [0.15, 0.2) is 60.7 Å². The van der Waals surface area contributed by atoms with Crippen molar-refractivity contribution in [2.24, 2.45) is 5.73 Å². The van der Waals surface area contributed by atoms with E-state index >= 15 is 0 Å². The highest BCUT2D eigenvalue weighted by molar-refractivity contribution is 6.32. The van der Waals surface area contributed by atoms with Crippen LogP contribution in [0.25, 0.3) is 10.9 Å². The number of carbonyl (C=O) groups excluding carboxylic acids is 2. The van der Waals surface area contributed by atoms with E-state index in [9.17, 15) is 14.7 Å². The van der Waals surface area contributed by atoms with Crippen molar-refractivity contribution in [2.75, 3.05) is 0 Å². The fourth-order valence-electron chi connectivity index (χ4n) is 3.32. The molecule has 0 fully saturated rings. The van der Waals surface area contributed by atoms with Crippen molar-refractivity contribution in [1.29, 1.82) is 0 Å². The van der Waals surface area contributed by atoms with Crippen molar-refractivity contribution in [3.05, 3.63) is 88.2 Å². The number of H-pyrrole nitrogens is 1. The van der Waals surface area contributed by atoms with Gasteiger partial charge in [-0.3, -0.25) is 4.79 Å². The van der Waals surface area contributed by atoms with Crippen LogP contribution in [0.2, 0.25) is 5.02 Å². The standard InChI is InChI=1S/C21H16ClN3O3/c22-13-6-9-17-15(11-13)18(20(27)25(17)21(23)28)19(26)16-8-7-14(24-16)10-12-4-2-1-3-5-12/h1-9,11,24,27H,10H2,(H2,23,28). The minimum Gasteiger partial charge on any atom is -0.494 e. The maximum Gasteiger partial charge on any atom is 0.326 e. The first kappa shape index (κ1) is 17.9. The van der Waals surface area contributed by atoms with E-state index in [1.54, 1.807) is 12.1 Å². The lowest BCUT2D eigenvalue weighted by atomic mass is 10.1. The number of aromatic nitrogens is 2. The van der Waals surface area contributed by atoms with Gasteiger partial charge in [0, 0.05) is 22.5 Å². The monoisotopic (exact) mass is 393 g/mol. The number of nitrogens with two attached hydrogens (primary N) is 1. The summed E-state index contributed by atoms with van der Waals surface area (Å²) in [6.07, 6.45) is 0.634. The number of amides is 1. The Morgan fingerprint density at radius 1 is 1.07 bits per heavy atom. The molecule has 4 rings (SSSR count). The lowest BCUT2D eigenvalue weighted by molar-refractivity contribution is 0.103. The smallest absolute Gasteiger partial charge is 0.326 e. The number of primary amides is 1. The molecule has 7 heteroatoms. The number of benzene rings is 2. The molecule has 2 aromatic carbocycles. The molecule has 0 aliphatic heterocycles. The normalized spacial score (nSPS) is 11.0. The van der Waals surface area contributed by atoms with Gasteiger partial charge in [-0.05, 0) is 35.9 Å². The van der Waals surface area contributed by atoms with Crippen LogP contribution >= 0.6 is 11.6 Å². The molecule has 0 saturated heterocycles. The third kappa shape index (κ3) is 3.04. The Kier molecular flexibility index (Phi) is 4.41. The summed E-state index contributed by atoms with van der Waals surface area (Å²) in [6, 6.07) is 17.0. The number of hydrogen-bond acceptors (Lipinski definition) is 3. The number of aromatic amines is 1. The molecule has 4 N–H and O–H groups in total. The summed E-state index contributed by atoms with van der Waals surface area (Å²) in [5.41, 5.74) is 7.91.